The van der Waals surface area contributed by atoms with Gasteiger partial charge in [0.1, 0.15) is 11.5 Å². The first-order valence-corrected chi connectivity index (χ1v) is 10.3. The minimum atomic E-state index is -0.439. The van der Waals surface area contributed by atoms with E-state index in [1.165, 1.54) is 5.56 Å². The first kappa shape index (κ1) is 19.5. The number of aliphatic hydroxyl groups is 1. The van der Waals surface area contributed by atoms with Gasteiger partial charge in [-0.15, -0.1) is 0 Å². The number of hydrogen-bond donors (Lipinski definition) is 3. The topological polar surface area (TPSA) is 53.5 Å². The third kappa shape index (κ3) is 5.37. The molecule has 4 rings (SSSR count). The van der Waals surface area contributed by atoms with Gasteiger partial charge in [0.05, 0.1) is 12.1 Å². The van der Waals surface area contributed by atoms with Crippen molar-refractivity contribution in [2.75, 3.05) is 5.32 Å². The van der Waals surface area contributed by atoms with Gasteiger partial charge in [-0.2, -0.15) is 0 Å². The van der Waals surface area contributed by atoms with Gasteiger partial charge in [-0.05, 0) is 49.1 Å². The van der Waals surface area contributed by atoms with Crippen molar-refractivity contribution in [1.29, 1.82) is 0 Å². The van der Waals surface area contributed by atoms with E-state index in [2.05, 4.69) is 22.8 Å². The molecule has 4 heteroatoms. The van der Waals surface area contributed by atoms with E-state index in [1.54, 1.807) is 0 Å². The maximum Gasteiger partial charge on any atom is 0.129 e. The van der Waals surface area contributed by atoms with Crippen LogP contribution in [-0.2, 0) is 6.54 Å². The summed E-state index contributed by atoms with van der Waals surface area (Å²) in [6, 6.07) is 28.1. The summed E-state index contributed by atoms with van der Waals surface area (Å²) >= 11 is 0. The Morgan fingerprint density at radius 3 is 2.28 bits per heavy atom. The summed E-state index contributed by atoms with van der Waals surface area (Å²) in [5.41, 5.74) is 2.20. The van der Waals surface area contributed by atoms with Crippen LogP contribution in [0.5, 0.6) is 11.5 Å². The van der Waals surface area contributed by atoms with Crippen LogP contribution in [0.4, 0.5) is 5.69 Å². The fourth-order valence-electron chi connectivity index (χ4n) is 3.89. The Labute approximate surface area is 172 Å². The average Bonchev–Trinajstić information content (AvgIpc) is 2.76. The van der Waals surface area contributed by atoms with Crippen LogP contribution in [-0.4, -0.2) is 23.3 Å². The molecule has 0 spiro atoms. The summed E-state index contributed by atoms with van der Waals surface area (Å²) in [4.78, 5) is 0. The molecule has 0 saturated heterocycles. The van der Waals surface area contributed by atoms with Gasteiger partial charge >= 0.3 is 0 Å². The van der Waals surface area contributed by atoms with E-state index in [9.17, 15) is 5.11 Å². The Morgan fingerprint density at radius 2 is 1.48 bits per heavy atom. The lowest BCUT2D eigenvalue weighted by molar-refractivity contribution is 0.0782. The molecule has 150 valence electrons. The van der Waals surface area contributed by atoms with Crippen molar-refractivity contribution in [3.8, 4) is 11.5 Å². The fourth-order valence-corrected chi connectivity index (χ4v) is 3.89. The van der Waals surface area contributed by atoms with Crippen LogP contribution in [0.15, 0.2) is 84.9 Å². The zero-order valence-corrected chi connectivity index (χ0v) is 16.5. The standard InChI is InChI=1S/C25H28N2O2/c28-25-23(26-18-19-9-3-1-4-10-19)15-8-16-24(25)27-20-11-7-14-22(17-20)29-21-12-5-2-6-13-21/h1-7,9-14,17,23-28H,8,15-16,18H2/t23-,24-,25-/m1/s1. The van der Waals surface area contributed by atoms with Gasteiger partial charge in [0, 0.05) is 24.3 Å². The summed E-state index contributed by atoms with van der Waals surface area (Å²) < 4.78 is 5.93. The highest BCUT2D eigenvalue weighted by molar-refractivity contribution is 5.50. The Kier molecular flexibility index (Phi) is 6.45. The minimum absolute atomic E-state index is 0.0176. The van der Waals surface area contributed by atoms with Crippen molar-refractivity contribution in [2.24, 2.45) is 0 Å². The van der Waals surface area contributed by atoms with Crippen molar-refractivity contribution >= 4 is 5.69 Å². The summed E-state index contributed by atoms with van der Waals surface area (Å²) in [7, 11) is 0. The fraction of sp³-hybridized carbons (Fsp3) is 0.280. The van der Waals surface area contributed by atoms with Crippen molar-refractivity contribution in [1.82, 2.24) is 5.32 Å². The first-order valence-electron chi connectivity index (χ1n) is 10.3. The molecular formula is C25H28N2O2. The van der Waals surface area contributed by atoms with Crippen molar-refractivity contribution in [2.45, 2.75) is 44.0 Å². The molecule has 1 fully saturated rings. The molecule has 29 heavy (non-hydrogen) atoms. The normalized spacial score (nSPS) is 21.5. The first-order chi connectivity index (χ1) is 14.3. The lowest BCUT2D eigenvalue weighted by Crippen LogP contribution is -2.51. The van der Waals surface area contributed by atoms with Crippen LogP contribution in [0.25, 0.3) is 0 Å². The molecule has 0 bridgehead atoms. The Morgan fingerprint density at radius 1 is 0.793 bits per heavy atom. The summed E-state index contributed by atoms with van der Waals surface area (Å²) in [6.45, 7) is 0.773. The van der Waals surface area contributed by atoms with E-state index in [0.29, 0.717) is 0 Å². The van der Waals surface area contributed by atoms with Gasteiger partial charge in [-0.25, -0.2) is 0 Å². The van der Waals surface area contributed by atoms with Gasteiger partial charge in [0.15, 0.2) is 0 Å². The molecule has 0 heterocycles. The molecular weight excluding hydrogens is 360 g/mol. The predicted octanol–water partition coefficient (Wildman–Crippen LogP) is 4.96. The van der Waals surface area contributed by atoms with Gasteiger partial charge < -0.3 is 20.5 Å². The highest BCUT2D eigenvalue weighted by atomic mass is 16.5. The third-order valence-electron chi connectivity index (χ3n) is 5.43. The molecule has 3 atom stereocenters. The smallest absolute Gasteiger partial charge is 0.129 e. The second-order valence-corrected chi connectivity index (χ2v) is 7.59. The molecule has 1 saturated carbocycles. The lowest BCUT2D eigenvalue weighted by Gasteiger charge is -2.36. The molecule has 1 aliphatic rings. The van der Waals surface area contributed by atoms with E-state index in [4.69, 9.17) is 4.74 Å². The van der Waals surface area contributed by atoms with Gasteiger partial charge in [-0.1, -0.05) is 54.6 Å². The number of benzene rings is 3. The van der Waals surface area contributed by atoms with Crippen LogP contribution < -0.4 is 15.4 Å². The highest BCUT2D eigenvalue weighted by Crippen LogP contribution is 2.27. The van der Waals surface area contributed by atoms with Gasteiger partial charge in [0.25, 0.3) is 0 Å². The van der Waals surface area contributed by atoms with Gasteiger partial charge in [-0.3, -0.25) is 0 Å². The number of anilines is 1. The van der Waals surface area contributed by atoms with E-state index in [1.807, 2.05) is 72.8 Å². The molecule has 0 radical (unpaired) electrons. The maximum atomic E-state index is 10.9. The van der Waals surface area contributed by atoms with Gasteiger partial charge in [0.2, 0.25) is 0 Å². The van der Waals surface area contributed by atoms with Crippen molar-refractivity contribution in [3.63, 3.8) is 0 Å². The molecule has 4 nitrogen and oxygen atoms in total. The summed E-state index contributed by atoms with van der Waals surface area (Å²) in [5.74, 6) is 1.60. The molecule has 0 amide bonds. The molecule has 3 aromatic rings. The molecule has 3 aromatic carbocycles. The molecule has 0 aromatic heterocycles. The number of rotatable bonds is 7. The van der Waals surface area contributed by atoms with Crippen LogP contribution in [0.2, 0.25) is 0 Å². The minimum Gasteiger partial charge on any atom is -0.457 e. The second-order valence-electron chi connectivity index (χ2n) is 7.59. The van der Waals surface area contributed by atoms with Crippen LogP contribution >= 0.6 is 0 Å². The van der Waals surface area contributed by atoms with Crippen LogP contribution in [0, 0.1) is 0 Å². The molecule has 3 N–H and O–H groups in total. The Balaban J connectivity index is 1.36. The molecule has 0 unspecified atom stereocenters. The number of ether oxygens (including phenoxy) is 1. The van der Waals surface area contributed by atoms with E-state index in [0.717, 1.165) is 43.0 Å². The maximum absolute atomic E-state index is 10.9. The third-order valence-corrected chi connectivity index (χ3v) is 5.43. The monoisotopic (exact) mass is 388 g/mol. The zero-order chi connectivity index (χ0) is 19.9. The summed E-state index contributed by atoms with van der Waals surface area (Å²) in [6.07, 6.45) is 2.59. The zero-order valence-electron chi connectivity index (χ0n) is 16.5. The number of para-hydroxylation sites is 1. The van der Waals surface area contributed by atoms with Crippen molar-refractivity contribution in [3.05, 3.63) is 90.5 Å². The molecule has 0 aliphatic heterocycles. The van der Waals surface area contributed by atoms with Crippen LogP contribution in [0.3, 0.4) is 0 Å². The Hall–Kier alpha value is -2.82. The van der Waals surface area contributed by atoms with E-state index in [-0.39, 0.29) is 12.1 Å². The predicted molar refractivity (Wildman–Crippen MR) is 117 cm³/mol. The number of nitrogens with one attached hydrogen (secondary N) is 2. The highest BCUT2D eigenvalue weighted by Gasteiger charge is 2.31. The average molecular weight is 389 g/mol. The van der Waals surface area contributed by atoms with Crippen LogP contribution in [0.1, 0.15) is 24.8 Å². The van der Waals surface area contributed by atoms with E-state index < -0.39 is 6.10 Å². The van der Waals surface area contributed by atoms with Crippen molar-refractivity contribution < 1.29 is 9.84 Å². The number of aliphatic hydroxyl groups excluding tert-OH is 1. The quantitative estimate of drug-likeness (QED) is 0.535. The van der Waals surface area contributed by atoms with E-state index >= 15 is 0 Å². The Bertz CT molecular complexity index is 886. The largest absolute Gasteiger partial charge is 0.457 e. The second kappa shape index (κ2) is 9.59. The summed E-state index contributed by atoms with van der Waals surface area (Å²) in [5, 5.41) is 18.0. The lowest BCUT2D eigenvalue weighted by atomic mass is 9.87. The molecule has 1 aliphatic carbocycles. The SMILES string of the molecule is O[C@@H]1[C@H](NCc2ccccc2)CCC[C@H]1Nc1cccc(Oc2ccccc2)c1. The number of hydrogen-bond acceptors (Lipinski definition) is 4.